The van der Waals surface area contributed by atoms with Gasteiger partial charge in [-0.1, -0.05) is 32.3 Å². The number of carbonyl (C=O) groups excluding carboxylic acids is 4. The first-order valence-corrected chi connectivity index (χ1v) is 15.9. The minimum atomic E-state index is -0.830. The second-order valence-corrected chi connectivity index (χ2v) is 12.3. The minimum absolute atomic E-state index is 0.00670. The molecule has 3 aliphatic rings. The lowest BCUT2D eigenvalue weighted by Crippen LogP contribution is -2.55. The zero-order valence-electron chi connectivity index (χ0n) is 25.9. The van der Waals surface area contributed by atoms with E-state index in [1.807, 2.05) is 11.8 Å². The Morgan fingerprint density at radius 1 is 1.02 bits per heavy atom. The summed E-state index contributed by atoms with van der Waals surface area (Å²) >= 11 is 0. The number of piperazine rings is 1. The first-order valence-electron chi connectivity index (χ1n) is 15.9. The number of likely N-dealkylation sites (N-methyl/N-ethyl adjacent to an activating group) is 1. The molecule has 3 heterocycles. The Balaban J connectivity index is 1.28. The number of nitrogens with one attached hydrogen (secondary N) is 3. The van der Waals surface area contributed by atoms with Crippen LogP contribution in [0.4, 0.5) is 10.1 Å². The first kappa shape index (κ1) is 31.6. The average molecular weight is 610 g/mol. The van der Waals surface area contributed by atoms with Gasteiger partial charge in [-0.05, 0) is 62.9 Å². The maximum Gasteiger partial charge on any atom is 0.270 e. The molecule has 2 saturated heterocycles. The molecule has 11 nitrogen and oxygen atoms in total. The van der Waals surface area contributed by atoms with Crippen LogP contribution in [0.5, 0.6) is 0 Å². The predicted molar refractivity (Wildman–Crippen MR) is 163 cm³/mol. The molecule has 2 aliphatic heterocycles. The van der Waals surface area contributed by atoms with Gasteiger partial charge in [0, 0.05) is 50.8 Å². The van der Waals surface area contributed by atoms with E-state index in [9.17, 15) is 19.2 Å². The van der Waals surface area contributed by atoms with Crippen LogP contribution in [0.2, 0.25) is 0 Å². The third-order valence-corrected chi connectivity index (χ3v) is 9.42. The summed E-state index contributed by atoms with van der Waals surface area (Å²) in [6.07, 6.45) is 7.42. The highest BCUT2D eigenvalue weighted by molar-refractivity contribution is 6.00. The van der Waals surface area contributed by atoms with E-state index in [0.29, 0.717) is 30.4 Å². The molecule has 3 N–H and O–H groups in total. The number of hydrogen-bond donors (Lipinski definition) is 3. The fourth-order valence-corrected chi connectivity index (χ4v) is 6.92. The van der Waals surface area contributed by atoms with E-state index in [1.165, 1.54) is 12.1 Å². The van der Waals surface area contributed by atoms with Crippen LogP contribution < -0.4 is 16.0 Å². The van der Waals surface area contributed by atoms with Crippen molar-refractivity contribution in [1.82, 2.24) is 30.2 Å². The molecule has 4 amide bonds. The van der Waals surface area contributed by atoms with Gasteiger partial charge >= 0.3 is 0 Å². The molecule has 12 heteroatoms. The van der Waals surface area contributed by atoms with Crippen molar-refractivity contribution >= 4 is 29.3 Å². The van der Waals surface area contributed by atoms with Gasteiger partial charge in [-0.2, -0.15) is 5.10 Å². The molecule has 44 heavy (non-hydrogen) atoms. The van der Waals surface area contributed by atoms with Crippen molar-refractivity contribution in [2.45, 2.75) is 95.9 Å². The molecular weight excluding hydrogens is 565 g/mol. The number of hydrogen-bond acceptors (Lipinski definition) is 6. The molecule has 2 aromatic rings. The van der Waals surface area contributed by atoms with Crippen molar-refractivity contribution in [3.63, 3.8) is 0 Å². The van der Waals surface area contributed by atoms with Crippen LogP contribution >= 0.6 is 0 Å². The smallest absolute Gasteiger partial charge is 0.270 e. The van der Waals surface area contributed by atoms with Gasteiger partial charge in [-0.3, -0.25) is 28.8 Å². The molecule has 1 aliphatic carbocycles. The van der Waals surface area contributed by atoms with Crippen LogP contribution in [-0.4, -0.2) is 87.5 Å². The number of anilines is 1. The standard InChI is InChI=1S/C32H44FN7O4/c1-4-28(41)35-26(32(44)39-19-22-17-23(39)18-38(22)3)16-20-11-12-25(24(33)15-20)36-31(43)29(21-9-7-6-8-10-21)37-30(42)27-13-14-34-40(27)5-2/h11-15,21-23,26,29H,4-10,16-19H2,1-3H3,(H,35,41)(H,36,43)(H,37,42)/t22-,23-,26+,29-/m0/s1. The summed E-state index contributed by atoms with van der Waals surface area (Å²) in [5.41, 5.74) is 0.888. The summed E-state index contributed by atoms with van der Waals surface area (Å²) in [6, 6.07) is 4.85. The fraction of sp³-hybridized carbons (Fsp3) is 0.594. The normalized spacial score (nSPS) is 21.6. The number of likely N-dealkylation sites (tertiary alicyclic amines) is 2. The summed E-state index contributed by atoms with van der Waals surface area (Å²) in [5, 5.41) is 12.6. The Kier molecular flexibility index (Phi) is 9.97. The number of halogens is 1. The van der Waals surface area contributed by atoms with Gasteiger partial charge in [0.1, 0.15) is 23.6 Å². The van der Waals surface area contributed by atoms with Gasteiger partial charge in [0.15, 0.2) is 0 Å². The number of rotatable bonds is 11. The van der Waals surface area contributed by atoms with Gasteiger partial charge in [0.05, 0.1) is 5.69 Å². The monoisotopic (exact) mass is 609 g/mol. The predicted octanol–water partition coefficient (Wildman–Crippen LogP) is 2.71. The number of carbonyl (C=O) groups is 4. The zero-order valence-corrected chi connectivity index (χ0v) is 25.9. The van der Waals surface area contributed by atoms with Crippen LogP contribution in [-0.2, 0) is 27.3 Å². The summed E-state index contributed by atoms with van der Waals surface area (Å²) in [4.78, 5) is 56.6. The van der Waals surface area contributed by atoms with Crippen molar-refractivity contribution in [3.8, 4) is 0 Å². The first-order chi connectivity index (χ1) is 21.2. The number of aromatic nitrogens is 2. The van der Waals surface area contributed by atoms with Crippen molar-refractivity contribution in [1.29, 1.82) is 0 Å². The molecule has 4 atom stereocenters. The average Bonchev–Trinajstić information content (AvgIpc) is 3.76. The van der Waals surface area contributed by atoms with Crippen molar-refractivity contribution < 1.29 is 23.6 Å². The highest BCUT2D eigenvalue weighted by Crippen LogP contribution is 2.31. The van der Waals surface area contributed by atoms with Crippen LogP contribution in [0.3, 0.4) is 0 Å². The third-order valence-electron chi connectivity index (χ3n) is 9.42. The summed E-state index contributed by atoms with van der Waals surface area (Å²) in [6.45, 7) is 5.54. The molecule has 3 fully saturated rings. The van der Waals surface area contributed by atoms with Crippen LogP contribution in [0.15, 0.2) is 30.5 Å². The Labute approximate surface area is 257 Å². The Morgan fingerprint density at radius 2 is 1.80 bits per heavy atom. The van der Waals surface area contributed by atoms with Crippen LogP contribution in [0.25, 0.3) is 0 Å². The molecular formula is C32H44FN7O4. The van der Waals surface area contributed by atoms with E-state index in [0.717, 1.165) is 45.1 Å². The topological polar surface area (TPSA) is 129 Å². The van der Waals surface area contributed by atoms with E-state index in [1.54, 1.807) is 29.9 Å². The number of benzene rings is 1. The Morgan fingerprint density at radius 3 is 2.43 bits per heavy atom. The highest BCUT2D eigenvalue weighted by Gasteiger charge is 2.45. The maximum absolute atomic E-state index is 15.4. The second-order valence-electron chi connectivity index (χ2n) is 12.3. The van der Waals surface area contributed by atoms with E-state index in [2.05, 4.69) is 33.0 Å². The van der Waals surface area contributed by atoms with Gasteiger partial charge in [-0.15, -0.1) is 0 Å². The number of aryl methyl sites for hydroxylation is 1. The number of amides is 4. The fourth-order valence-electron chi connectivity index (χ4n) is 6.92. The largest absolute Gasteiger partial charge is 0.344 e. The number of nitrogens with zero attached hydrogens (tertiary/aromatic N) is 4. The van der Waals surface area contributed by atoms with Gasteiger partial charge in [0.2, 0.25) is 17.7 Å². The SMILES string of the molecule is CCC(=O)N[C@H](Cc1ccc(NC(=O)[C@@H](NC(=O)c2ccnn2CC)C2CCCCC2)c(F)c1)C(=O)N1C[C@@H]2C[C@H]1CN2C. The second kappa shape index (κ2) is 13.9. The van der Waals surface area contributed by atoms with Crippen molar-refractivity contribution in [2.75, 3.05) is 25.5 Å². The van der Waals surface area contributed by atoms with Gasteiger partial charge < -0.3 is 20.9 Å². The van der Waals surface area contributed by atoms with E-state index in [-0.39, 0.29) is 42.3 Å². The Hall–Kier alpha value is -3.80. The summed E-state index contributed by atoms with van der Waals surface area (Å²) in [7, 11) is 2.05. The van der Waals surface area contributed by atoms with E-state index in [4.69, 9.17) is 0 Å². The number of fused-ring (bicyclic) bond motifs is 2. The lowest BCUT2D eigenvalue weighted by molar-refractivity contribution is -0.138. The molecule has 0 spiro atoms. The van der Waals surface area contributed by atoms with Crippen LogP contribution in [0, 0.1) is 11.7 Å². The lowest BCUT2D eigenvalue weighted by atomic mass is 9.83. The molecule has 1 aromatic carbocycles. The van der Waals surface area contributed by atoms with E-state index < -0.39 is 29.7 Å². The molecule has 1 aromatic heterocycles. The third kappa shape index (κ3) is 6.95. The minimum Gasteiger partial charge on any atom is -0.344 e. The highest BCUT2D eigenvalue weighted by atomic mass is 19.1. The van der Waals surface area contributed by atoms with Gasteiger partial charge in [0.25, 0.3) is 5.91 Å². The molecule has 1 saturated carbocycles. The molecule has 0 radical (unpaired) electrons. The van der Waals surface area contributed by atoms with Crippen molar-refractivity contribution in [3.05, 3.63) is 47.5 Å². The zero-order chi connectivity index (χ0) is 31.4. The quantitative estimate of drug-likeness (QED) is 0.360. The maximum atomic E-state index is 15.4. The lowest BCUT2D eigenvalue weighted by Gasteiger charge is -2.34. The molecule has 0 unspecified atom stereocenters. The molecule has 2 bridgehead atoms. The van der Waals surface area contributed by atoms with Crippen LogP contribution in [0.1, 0.15) is 74.8 Å². The van der Waals surface area contributed by atoms with E-state index >= 15 is 4.39 Å². The van der Waals surface area contributed by atoms with Crippen molar-refractivity contribution in [2.24, 2.45) is 5.92 Å². The van der Waals surface area contributed by atoms with Gasteiger partial charge in [-0.25, -0.2) is 4.39 Å². The molecule has 238 valence electrons. The summed E-state index contributed by atoms with van der Waals surface area (Å²) < 4.78 is 17.0. The summed E-state index contributed by atoms with van der Waals surface area (Å²) in [5.74, 6) is -1.98. The Bertz CT molecular complexity index is 1370. The molecule has 5 rings (SSSR count).